The van der Waals surface area contributed by atoms with Gasteiger partial charge in [0.1, 0.15) is 17.4 Å². The predicted molar refractivity (Wildman–Crippen MR) is 130 cm³/mol. The molecule has 3 aromatic rings. The number of amides is 1. The number of aryl methyl sites for hydroxylation is 2. The van der Waals surface area contributed by atoms with Gasteiger partial charge in [-0.1, -0.05) is 18.2 Å². The average Bonchev–Trinajstić information content (AvgIpc) is 3.37. The number of aromatic hydroxyl groups is 1. The largest absolute Gasteiger partial charge is 0.507 e. The maximum atomic E-state index is 14.5. The van der Waals surface area contributed by atoms with Crippen LogP contribution < -0.4 is 0 Å². The number of halogens is 2. The summed E-state index contributed by atoms with van der Waals surface area (Å²) >= 11 is 0. The van der Waals surface area contributed by atoms with Crippen molar-refractivity contribution in [2.24, 2.45) is 5.92 Å². The van der Waals surface area contributed by atoms with Gasteiger partial charge >= 0.3 is 0 Å². The van der Waals surface area contributed by atoms with Crippen LogP contribution in [0.3, 0.4) is 0 Å². The predicted octanol–water partition coefficient (Wildman–Crippen LogP) is 5.48. The lowest BCUT2D eigenvalue weighted by Gasteiger charge is -2.40. The van der Waals surface area contributed by atoms with E-state index in [2.05, 4.69) is 4.90 Å². The molecule has 1 atom stereocenters. The molecule has 0 aliphatic carbocycles. The van der Waals surface area contributed by atoms with E-state index in [1.807, 2.05) is 26.0 Å². The van der Waals surface area contributed by atoms with Crippen LogP contribution in [0.2, 0.25) is 0 Å². The highest BCUT2D eigenvalue weighted by Crippen LogP contribution is 2.30. The molecule has 1 amide bonds. The van der Waals surface area contributed by atoms with Crippen LogP contribution in [0.25, 0.3) is 0 Å². The van der Waals surface area contributed by atoms with E-state index in [4.69, 9.17) is 4.42 Å². The van der Waals surface area contributed by atoms with Gasteiger partial charge in [0, 0.05) is 25.7 Å². The van der Waals surface area contributed by atoms with Gasteiger partial charge in [0.15, 0.2) is 5.76 Å². The van der Waals surface area contributed by atoms with Gasteiger partial charge in [-0.05, 0) is 92.6 Å². The van der Waals surface area contributed by atoms with Crippen LogP contribution in [-0.2, 0) is 13.0 Å². The van der Waals surface area contributed by atoms with Crippen molar-refractivity contribution in [2.45, 2.75) is 45.7 Å². The molecule has 1 aliphatic rings. The van der Waals surface area contributed by atoms with E-state index in [0.717, 1.165) is 55.2 Å². The average molecular weight is 483 g/mol. The first-order valence-electron chi connectivity index (χ1n) is 12.0. The van der Waals surface area contributed by atoms with Crippen LogP contribution in [0.5, 0.6) is 5.75 Å². The molecule has 0 saturated carbocycles. The normalized spacial score (nSPS) is 15.8. The van der Waals surface area contributed by atoms with Gasteiger partial charge in [0.2, 0.25) is 0 Å². The van der Waals surface area contributed by atoms with Crippen molar-refractivity contribution in [3.8, 4) is 5.75 Å². The molecule has 1 aliphatic heterocycles. The van der Waals surface area contributed by atoms with E-state index in [0.29, 0.717) is 17.7 Å². The van der Waals surface area contributed by atoms with E-state index in [1.54, 1.807) is 24.1 Å². The maximum Gasteiger partial charge on any atom is 0.289 e. The third kappa shape index (κ3) is 5.73. The lowest BCUT2D eigenvalue weighted by atomic mass is 9.84. The second-order valence-corrected chi connectivity index (χ2v) is 9.59. The van der Waals surface area contributed by atoms with Crippen molar-refractivity contribution in [3.05, 3.63) is 88.4 Å². The molecule has 186 valence electrons. The summed E-state index contributed by atoms with van der Waals surface area (Å²) in [5.74, 6) is -0.719. The second kappa shape index (κ2) is 10.6. The number of likely N-dealkylation sites (tertiary alicyclic amines) is 1. The molecule has 2 heterocycles. The summed E-state index contributed by atoms with van der Waals surface area (Å²) in [7, 11) is 1.73. The Morgan fingerprint density at radius 3 is 2.43 bits per heavy atom. The Bertz CT molecular complexity index is 1150. The van der Waals surface area contributed by atoms with Crippen molar-refractivity contribution in [1.29, 1.82) is 0 Å². The summed E-state index contributed by atoms with van der Waals surface area (Å²) in [6, 6.07) is 10.7. The number of carbonyl (C=O) groups excluding carboxylic acids is 1. The number of rotatable bonds is 7. The monoisotopic (exact) mass is 482 g/mol. The molecule has 0 bridgehead atoms. The molecule has 0 radical (unpaired) electrons. The van der Waals surface area contributed by atoms with Crippen molar-refractivity contribution in [2.75, 3.05) is 20.1 Å². The lowest BCUT2D eigenvalue weighted by Crippen LogP contribution is -2.47. The van der Waals surface area contributed by atoms with Crippen molar-refractivity contribution >= 4 is 5.91 Å². The zero-order valence-corrected chi connectivity index (χ0v) is 20.4. The lowest BCUT2D eigenvalue weighted by molar-refractivity contribution is 0.0554. The molecule has 1 N–H and O–H groups in total. The van der Waals surface area contributed by atoms with Crippen molar-refractivity contribution < 1.29 is 23.1 Å². The Labute approximate surface area is 205 Å². The van der Waals surface area contributed by atoms with Crippen molar-refractivity contribution in [3.63, 3.8) is 0 Å². The first-order valence-corrected chi connectivity index (χ1v) is 12.0. The molecule has 4 rings (SSSR count). The number of furan rings is 1. The molecule has 5 nitrogen and oxygen atoms in total. The maximum absolute atomic E-state index is 14.5. The molecule has 1 unspecified atom stereocenters. The Balaban J connectivity index is 1.49. The molecule has 0 spiro atoms. The van der Waals surface area contributed by atoms with Gasteiger partial charge < -0.3 is 14.4 Å². The highest BCUT2D eigenvalue weighted by atomic mass is 19.1. The third-order valence-electron chi connectivity index (χ3n) is 7.13. The minimum absolute atomic E-state index is 0.155. The van der Waals surface area contributed by atoms with Crippen LogP contribution in [0.4, 0.5) is 8.78 Å². The molecule has 7 heteroatoms. The Morgan fingerprint density at radius 1 is 1.14 bits per heavy atom. The van der Waals surface area contributed by atoms with Gasteiger partial charge in [-0.3, -0.25) is 9.69 Å². The summed E-state index contributed by atoms with van der Waals surface area (Å²) < 4.78 is 33.3. The number of carbonyl (C=O) groups is 1. The van der Waals surface area contributed by atoms with E-state index < -0.39 is 11.6 Å². The smallest absolute Gasteiger partial charge is 0.289 e. The number of likely N-dealkylation sites (N-methyl/N-ethyl adjacent to an activating group) is 1. The Morgan fingerprint density at radius 2 is 1.83 bits per heavy atom. The standard InChI is InChI=1S/C28H32F2N2O3/c1-18-13-20(14-19(2)27(18)33)17-32-10-8-21(9-11-32)25(15-22-6-7-23(29)16-24(22)30)31(3)28(34)26-5-4-12-35-26/h4-7,12-14,16,21,25,33H,8-11,15,17H2,1-3H3. The number of phenolic OH excluding ortho intramolecular Hbond substituents is 1. The number of hydrogen-bond donors (Lipinski definition) is 1. The molecule has 2 aromatic carbocycles. The van der Waals surface area contributed by atoms with E-state index in [-0.39, 0.29) is 23.6 Å². The minimum Gasteiger partial charge on any atom is -0.507 e. The summed E-state index contributed by atoms with van der Waals surface area (Å²) in [6.45, 7) is 6.28. The Hall–Kier alpha value is -3.19. The summed E-state index contributed by atoms with van der Waals surface area (Å²) in [6.07, 6.45) is 3.45. The van der Waals surface area contributed by atoms with Crippen LogP contribution in [0.15, 0.2) is 53.1 Å². The molecule has 1 saturated heterocycles. The first kappa shape index (κ1) is 24.9. The molecular formula is C28H32F2N2O3. The molecule has 35 heavy (non-hydrogen) atoms. The number of hydrogen-bond acceptors (Lipinski definition) is 4. The van der Waals surface area contributed by atoms with Gasteiger partial charge in [-0.25, -0.2) is 8.78 Å². The van der Waals surface area contributed by atoms with Gasteiger partial charge in [0.25, 0.3) is 5.91 Å². The zero-order chi connectivity index (χ0) is 25.1. The molecular weight excluding hydrogens is 450 g/mol. The SMILES string of the molecule is Cc1cc(CN2CCC(C(Cc3ccc(F)cc3F)N(C)C(=O)c3ccco3)CC2)cc(C)c1O. The fraction of sp³-hybridized carbons (Fsp3) is 0.393. The molecule has 1 fully saturated rings. The third-order valence-corrected chi connectivity index (χ3v) is 7.13. The van der Waals surface area contributed by atoms with Crippen LogP contribution in [0, 0.1) is 31.4 Å². The van der Waals surface area contributed by atoms with Crippen LogP contribution in [-0.4, -0.2) is 47.0 Å². The minimum atomic E-state index is -0.615. The zero-order valence-electron chi connectivity index (χ0n) is 20.4. The number of benzene rings is 2. The van der Waals surface area contributed by atoms with Gasteiger partial charge in [-0.2, -0.15) is 0 Å². The van der Waals surface area contributed by atoms with Crippen LogP contribution >= 0.6 is 0 Å². The number of phenols is 1. The van der Waals surface area contributed by atoms with E-state index in [9.17, 15) is 18.7 Å². The fourth-order valence-corrected chi connectivity index (χ4v) is 5.15. The highest BCUT2D eigenvalue weighted by Gasteiger charge is 2.33. The second-order valence-electron chi connectivity index (χ2n) is 9.59. The summed E-state index contributed by atoms with van der Waals surface area (Å²) in [5, 5.41) is 10.1. The van der Waals surface area contributed by atoms with Gasteiger partial charge in [-0.15, -0.1) is 0 Å². The molecule has 1 aromatic heterocycles. The van der Waals surface area contributed by atoms with Crippen LogP contribution in [0.1, 0.15) is 45.7 Å². The summed E-state index contributed by atoms with van der Waals surface area (Å²) in [5.41, 5.74) is 3.29. The topological polar surface area (TPSA) is 56.9 Å². The quantitative estimate of drug-likeness (QED) is 0.485. The van der Waals surface area contributed by atoms with E-state index in [1.165, 1.54) is 18.4 Å². The summed E-state index contributed by atoms with van der Waals surface area (Å²) in [4.78, 5) is 17.1. The fourth-order valence-electron chi connectivity index (χ4n) is 5.15. The van der Waals surface area contributed by atoms with Gasteiger partial charge in [0.05, 0.1) is 6.26 Å². The van der Waals surface area contributed by atoms with E-state index >= 15 is 0 Å². The van der Waals surface area contributed by atoms with Crippen molar-refractivity contribution in [1.82, 2.24) is 9.80 Å². The number of piperidine rings is 1. The Kier molecular flexibility index (Phi) is 7.55. The first-order chi connectivity index (χ1) is 16.7. The highest BCUT2D eigenvalue weighted by molar-refractivity contribution is 5.91. The number of nitrogens with zero attached hydrogens (tertiary/aromatic N) is 2.